The summed E-state index contributed by atoms with van der Waals surface area (Å²) in [6.07, 6.45) is 0. The Morgan fingerprint density at radius 2 is 1.87 bits per heavy atom. The zero-order valence-corrected chi connectivity index (χ0v) is 13.6. The maximum absolute atomic E-state index is 11.9. The Labute approximate surface area is 142 Å². The van der Waals surface area contributed by atoms with Crippen molar-refractivity contribution in [1.82, 2.24) is 0 Å². The average Bonchev–Trinajstić information content (AvgIpc) is 2.48. The molecule has 1 amide bonds. The van der Waals surface area contributed by atoms with E-state index in [2.05, 4.69) is 5.32 Å². The van der Waals surface area contributed by atoms with Gasteiger partial charge in [0.15, 0.2) is 6.61 Å². The zero-order chi connectivity index (χ0) is 17.0. The highest BCUT2D eigenvalue weighted by Crippen LogP contribution is 2.25. The number of carbonyl (C=O) groups is 2. The lowest BCUT2D eigenvalue weighted by Gasteiger charge is -2.11. The maximum atomic E-state index is 11.9. The fraction of sp³-hybridized carbons (Fsp3) is 0.125. The predicted molar refractivity (Wildman–Crippen MR) is 88.7 cm³/mol. The van der Waals surface area contributed by atoms with Gasteiger partial charge in [0.2, 0.25) is 0 Å². The highest BCUT2D eigenvalue weighted by atomic mass is 35.5. The van der Waals surface area contributed by atoms with Gasteiger partial charge >= 0.3 is 5.97 Å². The highest BCUT2D eigenvalue weighted by molar-refractivity contribution is 6.42. The van der Waals surface area contributed by atoms with Crippen molar-refractivity contribution >= 4 is 40.8 Å². The molecule has 0 saturated carbocycles. The molecule has 0 unspecified atom stereocenters. The van der Waals surface area contributed by atoms with E-state index >= 15 is 0 Å². The summed E-state index contributed by atoms with van der Waals surface area (Å²) in [5, 5.41) is 12.4. The van der Waals surface area contributed by atoms with E-state index < -0.39 is 11.9 Å². The van der Waals surface area contributed by atoms with Crippen molar-refractivity contribution in [2.24, 2.45) is 0 Å². The number of hydrogen-bond acceptors (Lipinski definition) is 3. The van der Waals surface area contributed by atoms with Crippen LogP contribution in [0, 0.1) is 6.92 Å². The van der Waals surface area contributed by atoms with Gasteiger partial charge in [-0.15, -0.1) is 0 Å². The lowest BCUT2D eigenvalue weighted by atomic mass is 10.1. The lowest BCUT2D eigenvalue weighted by molar-refractivity contribution is -0.118. The molecule has 0 atom stereocenters. The first-order valence-electron chi connectivity index (χ1n) is 6.58. The van der Waals surface area contributed by atoms with E-state index in [1.165, 1.54) is 12.1 Å². The summed E-state index contributed by atoms with van der Waals surface area (Å²) in [6, 6.07) is 9.33. The Morgan fingerprint density at radius 1 is 1.13 bits per heavy atom. The Kier molecular flexibility index (Phi) is 5.47. The summed E-state index contributed by atoms with van der Waals surface area (Å²) < 4.78 is 5.32. The number of halogens is 2. The van der Waals surface area contributed by atoms with Crippen LogP contribution in [0.2, 0.25) is 10.0 Å². The highest BCUT2D eigenvalue weighted by Gasteiger charge is 2.13. The van der Waals surface area contributed by atoms with Crippen LogP contribution < -0.4 is 10.1 Å². The number of aryl methyl sites for hydroxylation is 1. The van der Waals surface area contributed by atoms with E-state index in [9.17, 15) is 9.59 Å². The largest absolute Gasteiger partial charge is 0.483 e. The topological polar surface area (TPSA) is 75.6 Å². The molecule has 0 aliphatic heterocycles. The number of nitrogens with one attached hydrogen (secondary N) is 1. The second-order valence-corrected chi connectivity index (χ2v) is 5.58. The molecule has 23 heavy (non-hydrogen) atoms. The lowest BCUT2D eigenvalue weighted by Crippen LogP contribution is -2.21. The molecule has 0 spiro atoms. The first-order valence-corrected chi connectivity index (χ1v) is 7.34. The number of carboxylic acids is 1. The van der Waals surface area contributed by atoms with Gasteiger partial charge in [0, 0.05) is 5.69 Å². The van der Waals surface area contributed by atoms with Crippen LogP contribution in [0.5, 0.6) is 5.75 Å². The number of carboxylic acid groups (broad SMARTS) is 1. The van der Waals surface area contributed by atoms with Crippen molar-refractivity contribution in [2.45, 2.75) is 6.92 Å². The second-order valence-electron chi connectivity index (χ2n) is 4.77. The van der Waals surface area contributed by atoms with E-state index in [1.54, 1.807) is 31.2 Å². The summed E-state index contributed by atoms with van der Waals surface area (Å²) >= 11 is 11.7. The van der Waals surface area contributed by atoms with Gasteiger partial charge in [0.1, 0.15) is 11.3 Å². The number of aromatic carboxylic acids is 1. The first-order chi connectivity index (χ1) is 10.9. The smallest absolute Gasteiger partial charge is 0.339 e. The monoisotopic (exact) mass is 353 g/mol. The number of hydrogen-bond donors (Lipinski definition) is 2. The minimum absolute atomic E-state index is 0.00191. The molecule has 2 rings (SSSR count). The number of rotatable bonds is 5. The molecule has 2 N–H and O–H groups in total. The van der Waals surface area contributed by atoms with Crippen LogP contribution in [0.1, 0.15) is 15.9 Å². The van der Waals surface area contributed by atoms with Gasteiger partial charge in [-0.1, -0.05) is 29.3 Å². The van der Waals surface area contributed by atoms with Crippen molar-refractivity contribution in [1.29, 1.82) is 0 Å². The minimum Gasteiger partial charge on any atom is -0.483 e. The van der Waals surface area contributed by atoms with E-state index in [1.807, 2.05) is 0 Å². The normalized spacial score (nSPS) is 10.2. The number of amides is 1. The van der Waals surface area contributed by atoms with Gasteiger partial charge < -0.3 is 15.2 Å². The van der Waals surface area contributed by atoms with Crippen LogP contribution in [0.15, 0.2) is 36.4 Å². The molecule has 0 aliphatic rings. The van der Waals surface area contributed by atoms with Crippen LogP contribution in [0.25, 0.3) is 0 Å². The molecule has 0 radical (unpaired) electrons. The second kappa shape index (κ2) is 7.35. The first kappa shape index (κ1) is 17.1. The van der Waals surface area contributed by atoms with Crippen LogP contribution >= 0.6 is 23.2 Å². The van der Waals surface area contributed by atoms with Gasteiger partial charge in [-0.2, -0.15) is 0 Å². The number of benzene rings is 2. The van der Waals surface area contributed by atoms with Crippen molar-refractivity contribution in [3.05, 3.63) is 57.6 Å². The van der Waals surface area contributed by atoms with Gasteiger partial charge in [-0.25, -0.2) is 4.79 Å². The Balaban J connectivity index is 2.03. The summed E-state index contributed by atoms with van der Waals surface area (Å²) in [5.74, 6) is -1.42. The van der Waals surface area contributed by atoms with Gasteiger partial charge in [0.25, 0.3) is 5.91 Å². The van der Waals surface area contributed by atoms with Crippen molar-refractivity contribution in [2.75, 3.05) is 11.9 Å². The van der Waals surface area contributed by atoms with Crippen LogP contribution in [0.3, 0.4) is 0 Å². The van der Waals surface area contributed by atoms with Crippen molar-refractivity contribution in [3.8, 4) is 5.75 Å². The molecule has 2 aromatic carbocycles. The minimum atomic E-state index is -1.12. The summed E-state index contributed by atoms with van der Waals surface area (Å²) in [4.78, 5) is 23.0. The SMILES string of the molecule is Cc1ccc(C(=O)O)c(OCC(=O)Nc2ccc(Cl)c(Cl)c2)c1. The molecule has 2 aromatic rings. The Bertz CT molecular complexity index is 762. The van der Waals surface area contributed by atoms with Crippen molar-refractivity contribution in [3.63, 3.8) is 0 Å². The predicted octanol–water partition coefficient (Wildman–Crippen LogP) is 4.02. The summed E-state index contributed by atoms with van der Waals surface area (Å²) in [6.45, 7) is 1.47. The molecule has 0 bridgehead atoms. The standard InChI is InChI=1S/C16H13Cl2NO4/c1-9-2-4-11(16(21)22)14(6-9)23-8-15(20)19-10-3-5-12(17)13(18)7-10/h2-7H,8H2,1H3,(H,19,20)(H,21,22). The summed E-state index contributed by atoms with van der Waals surface area (Å²) in [7, 11) is 0. The molecule has 5 nitrogen and oxygen atoms in total. The third kappa shape index (κ3) is 4.61. The molecular formula is C16H13Cl2NO4. The molecule has 0 fully saturated rings. The van der Waals surface area contributed by atoms with E-state index in [0.717, 1.165) is 5.56 Å². The molecule has 7 heteroatoms. The quantitative estimate of drug-likeness (QED) is 0.851. The van der Waals surface area contributed by atoms with Gasteiger partial charge in [-0.3, -0.25) is 4.79 Å². The van der Waals surface area contributed by atoms with Crippen LogP contribution in [0.4, 0.5) is 5.69 Å². The van der Waals surface area contributed by atoms with Crippen LogP contribution in [-0.2, 0) is 4.79 Å². The summed E-state index contributed by atoms with van der Waals surface area (Å²) in [5.41, 5.74) is 1.29. The fourth-order valence-corrected chi connectivity index (χ4v) is 2.14. The molecular weight excluding hydrogens is 341 g/mol. The molecule has 0 saturated heterocycles. The Morgan fingerprint density at radius 3 is 2.52 bits per heavy atom. The number of anilines is 1. The van der Waals surface area contributed by atoms with E-state index in [-0.39, 0.29) is 17.9 Å². The zero-order valence-electron chi connectivity index (χ0n) is 12.1. The molecule has 0 heterocycles. The van der Waals surface area contributed by atoms with Crippen molar-refractivity contribution < 1.29 is 19.4 Å². The average molecular weight is 354 g/mol. The van der Waals surface area contributed by atoms with E-state index in [4.69, 9.17) is 33.0 Å². The van der Waals surface area contributed by atoms with Crippen LogP contribution in [-0.4, -0.2) is 23.6 Å². The molecule has 0 aliphatic carbocycles. The van der Waals surface area contributed by atoms with E-state index in [0.29, 0.717) is 15.7 Å². The number of ether oxygens (including phenoxy) is 1. The number of carbonyl (C=O) groups excluding carboxylic acids is 1. The van der Waals surface area contributed by atoms with Gasteiger partial charge in [0.05, 0.1) is 10.0 Å². The maximum Gasteiger partial charge on any atom is 0.339 e. The third-order valence-corrected chi connectivity index (χ3v) is 3.67. The molecule has 0 aromatic heterocycles. The molecule has 120 valence electrons. The Hall–Kier alpha value is -2.24. The van der Waals surface area contributed by atoms with Gasteiger partial charge in [-0.05, 0) is 42.8 Å². The fourth-order valence-electron chi connectivity index (χ4n) is 1.84. The third-order valence-electron chi connectivity index (χ3n) is 2.93.